The summed E-state index contributed by atoms with van der Waals surface area (Å²) in [5.41, 5.74) is 0.501. The largest absolute Gasteiger partial charge is 0.348 e. The third-order valence-corrected chi connectivity index (χ3v) is 0.927. The molecular weight excluding hydrogens is 119 g/mol. The molecule has 0 fully saturated rings. The number of nitrogens with zero attached hydrogens (tertiary/aromatic N) is 1. The van der Waals surface area contributed by atoms with Crippen molar-refractivity contribution in [1.82, 2.24) is 5.32 Å². The molecule has 0 saturated carbocycles. The van der Waals surface area contributed by atoms with Crippen LogP contribution in [0.3, 0.4) is 0 Å². The number of aliphatic imine (C=N–C) groups is 1. The van der Waals surface area contributed by atoms with Gasteiger partial charge in [0.05, 0.1) is 6.34 Å². The molecule has 3 heteroatoms. The fourth-order valence-corrected chi connectivity index (χ4v) is 0.261. The quantitative estimate of drug-likeness (QED) is 0.444. The molecule has 52 valence electrons. The van der Waals surface area contributed by atoms with Gasteiger partial charge in [-0.15, -0.1) is 0 Å². The molecular formula is C6H11FN2. The minimum Gasteiger partial charge on any atom is -0.348 e. The lowest BCUT2D eigenvalue weighted by atomic mass is 10.4. The number of allylic oxidation sites excluding steroid dienone is 2. The van der Waals surface area contributed by atoms with Gasteiger partial charge in [0.2, 0.25) is 0 Å². The van der Waals surface area contributed by atoms with Crippen LogP contribution >= 0.6 is 0 Å². The van der Waals surface area contributed by atoms with Gasteiger partial charge in [-0.25, -0.2) is 4.39 Å². The summed E-state index contributed by atoms with van der Waals surface area (Å²) in [6, 6.07) is 0. The molecule has 1 N–H and O–H groups in total. The normalized spacial score (nSPS) is 13.8. The van der Waals surface area contributed by atoms with E-state index in [-0.39, 0.29) is 5.83 Å². The number of hydrogen-bond acceptors (Lipinski definition) is 1. The summed E-state index contributed by atoms with van der Waals surface area (Å²) in [4.78, 5) is 3.62. The van der Waals surface area contributed by atoms with E-state index in [4.69, 9.17) is 0 Å². The van der Waals surface area contributed by atoms with Crippen molar-refractivity contribution in [3.63, 3.8) is 0 Å². The van der Waals surface area contributed by atoms with Crippen molar-refractivity contribution in [2.24, 2.45) is 4.99 Å². The van der Waals surface area contributed by atoms with E-state index >= 15 is 0 Å². The van der Waals surface area contributed by atoms with Gasteiger partial charge < -0.3 is 5.32 Å². The molecule has 0 bridgehead atoms. The maximum absolute atomic E-state index is 12.2. The second kappa shape index (κ2) is 4.06. The second-order valence-electron chi connectivity index (χ2n) is 1.69. The van der Waals surface area contributed by atoms with Crippen LogP contribution in [0, 0.1) is 0 Å². The highest BCUT2D eigenvalue weighted by Crippen LogP contribution is 1.97. The van der Waals surface area contributed by atoms with Gasteiger partial charge in [0.1, 0.15) is 5.83 Å². The van der Waals surface area contributed by atoms with E-state index in [0.29, 0.717) is 5.70 Å². The van der Waals surface area contributed by atoms with Gasteiger partial charge in [-0.1, -0.05) is 0 Å². The first-order valence-corrected chi connectivity index (χ1v) is 2.68. The lowest BCUT2D eigenvalue weighted by Gasteiger charge is -1.96. The Labute approximate surface area is 54.5 Å². The summed E-state index contributed by atoms with van der Waals surface area (Å²) in [6.07, 6.45) is 1.44. The van der Waals surface area contributed by atoms with Crippen molar-refractivity contribution < 1.29 is 4.39 Å². The van der Waals surface area contributed by atoms with Crippen LogP contribution in [0.2, 0.25) is 0 Å². The first-order chi connectivity index (χ1) is 4.18. The topological polar surface area (TPSA) is 24.4 Å². The fraction of sp³-hybridized carbons (Fsp3) is 0.500. The van der Waals surface area contributed by atoms with Gasteiger partial charge in [0.25, 0.3) is 0 Å². The zero-order valence-electron chi connectivity index (χ0n) is 5.90. The van der Waals surface area contributed by atoms with E-state index < -0.39 is 0 Å². The van der Waals surface area contributed by atoms with E-state index in [1.165, 1.54) is 13.3 Å². The standard InChI is InChI=1S/C6H11FN2/c1-5(7)6(2)9-4-8-3/h4H,1-3H3,(H,8,9)/b6-5-. The van der Waals surface area contributed by atoms with E-state index in [9.17, 15) is 4.39 Å². The van der Waals surface area contributed by atoms with Gasteiger partial charge in [0, 0.05) is 12.7 Å². The van der Waals surface area contributed by atoms with Crippen LogP contribution in [0.4, 0.5) is 4.39 Å². The van der Waals surface area contributed by atoms with Crippen LogP contribution in [-0.4, -0.2) is 13.4 Å². The second-order valence-corrected chi connectivity index (χ2v) is 1.69. The molecule has 0 aliphatic carbocycles. The van der Waals surface area contributed by atoms with E-state index in [0.717, 1.165) is 0 Å². The van der Waals surface area contributed by atoms with Crippen LogP contribution in [-0.2, 0) is 0 Å². The zero-order chi connectivity index (χ0) is 7.28. The lowest BCUT2D eigenvalue weighted by molar-refractivity contribution is 0.620. The Morgan fingerprint density at radius 3 is 2.44 bits per heavy atom. The van der Waals surface area contributed by atoms with E-state index in [1.807, 2.05) is 0 Å². The Bertz CT molecular complexity index is 134. The highest BCUT2D eigenvalue weighted by Gasteiger charge is 1.88. The van der Waals surface area contributed by atoms with Gasteiger partial charge >= 0.3 is 0 Å². The number of rotatable bonds is 2. The Hall–Kier alpha value is -0.860. The highest BCUT2D eigenvalue weighted by atomic mass is 19.1. The zero-order valence-corrected chi connectivity index (χ0v) is 5.90. The predicted octanol–water partition coefficient (Wildman–Crippen LogP) is 1.46. The average Bonchev–Trinajstić information content (AvgIpc) is 1.82. The Morgan fingerprint density at radius 2 is 2.11 bits per heavy atom. The Kier molecular flexibility index (Phi) is 3.67. The van der Waals surface area contributed by atoms with E-state index in [2.05, 4.69) is 10.3 Å². The van der Waals surface area contributed by atoms with Crippen molar-refractivity contribution in [3.8, 4) is 0 Å². The monoisotopic (exact) mass is 130 g/mol. The molecule has 0 aliphatic rings. The molecule has 0 rings (SSSR count). The van der Waals surface area contributed by atoms with E-state index in [1.54, 1.807) is 14.0 Å². The minimum atomic E-state index is -0.213. The maximum atomic E-state index is 12.2. The summed E-state index contributed by atoms with van der Waals surface area (Å²) in [6.45, 7) is 3.04. The Morgan fingerprint density at radius 1 is 1.56 bits per heavy atom. The summed E-state index contributed by atoms with van der Waals surface area (Å²) in [7, 11) is 1.62. The molecule has 0 radical (unpaired) electrons. The first kappa shape index (κ1) is 8.14. The molecule has 0 amide bonds. The summed E-state index contributed by atoms with van der Waals surface area (Å²) in [5.74, 6) is -0.213. The van der Waals surface area contributed by atoms with Crippen molar-refractivity contribution in [1.29, 1.82) is 0 Å². The lowest BCUT2D eigenvalue weighted by Crippen LogP contribution is -2.08. The molecule has 0 aromatic heterocycles. The van der Waals surface area contributed by atoms with Crippen LogP contribution in [0.5, 0.6) is 0 Å². The third-order valence-electron chi connectivity index (χ3n) is 0.927. The van der Waals surface area contributed by atoms with Crippen LogP contribution in [0.1, 0.15) is 13.8 Å². The summed E-state index contributed by atoms with van der Waals surface area (Å²) < 4.78 is 12.2. The molecule has 2 nitrogen and oxygen atoms in total. The summed E-state index contributed by atoms with van der Waals surface area (Å²) >= 11 is 0. The molecule has 0 saturated heterocycles. The van der Waals surface area contributed by atoms with Crippen LogP contribution in [0.15, 0.2) is 16.5 Å². The van der Waals surface area contributed by atoms with Crippen molar-refractivity contribution in [2.75, 3.05) is 7.05 Å². The number of hydrogen-bond donors (Lipinski definition) is 1. The highest BCUT2D eigenvalue weighted by molar-refractivity contribution is 5.56. The van der Waals surface area contributed by atoms with Crippen LogP contribution < -0.4 is 5.32 Å². The van der Waals surface area contributed by atoms with Crippen molar-refractivity contribution >= 4 is 6.34 Å². The molecule has 0 atom stereocenters. The fourth-order valence-electron chi connectivity index (χ4n) is 0.261. The van der Waals surface area contributed by atoms with Gasteiger partial charge in [-0.2, -0.15) is 0 Å². The van der Waals surface area contributed by atoms with Gasteiger partial charge in [-0.05, 0) is 13.8 Å². The van der Waals surface area contributed by atoms with Crippen LogP contribution in [0.25, 0.3) is 0 Å². The van der Waals surface area contributed by atoms with Crippen molar-refractivity contribution in [3.05, 3.63) is 11.5 Å². The smallest absolute Gasteiger partial charge is 0.116 e. The molecule has 0 aliphatic heterocycles. The van der Waals surface area contributed by atoms with Gasteiger partial charge in [0.15, 0.2) is 0 Å². The first-order valence-electron chi connectivity index (χ1n) is 2.68. The number of halogens is 1. The minimum absolute atomic E-state index is 0.213. The molecule has 0 aromatic carbocycles. The number of nitrogens with one attached hydrogen (secondary N) is 1. The maximum Gasteiger partial charge on any atom is 0.116 e. The Balaban J connectivity index is 3.77. The third kappa shape index (κ3) is 3.70. The molecule has 9 heavy (non-hydrogen) atoms. The molecule has 0 heterocycles. The molecule has 0 unspecified atom stereocenters. The van der Waals surface area contributed by atoms with Crippen molar-refractivity contribution in [2.45, 2.75) is 13.8 Å². The molecule has 0 spiro atoms. The summed E-state index contributed by atoms with van der Waals surface area (Å²) in [5, 5.41) is 2.64. The van der Waals surface area contributed by atoms with Gasteiger partial charge in [-0.3, -0.25) is 4.99 Å². The SMILES string of the molecule is CN=CN/C(C)=C(/C)F. The predicted molar refractivity (Wildman–Crippen MR) is 37.0 cm³/mol. The average molecular weight is 130 g/mol. The molecule has 0 aromatic rings.